The molecular formula is C21H34O3. The summed E-state index contributed by atoms with van der Waals surface area (Å²) in [5, 5.41) is 0. The normalized spacial score (nSPS) is 11.6. The van der Waals surface area contributed by atoms with Crippen LogP contribution in [0.1, 0.15) is 51.5 Å². The fourth-order valence-corrected chi connectivity index (χ4v) is 2.38. The van der Waals surface area contributed by atoms with Crippen molar-refractivity contribution in [2.75, 3.05) is 26.4 Å². The van der Waals surface area contributed by atoms with Crippen molar-refractivity contribution in [3.8, 4) is 0 Å². The molecule has 0 N–H and O–H groups in total. The van der Waals surface area contributed by atoms with E-state index in [0.717, 1.165) is 50.9 Å². The van der Waals surface area contributed by atoms with E-state index in [1.54, 1.807) is 0 Å². The van der Waals surface area contributed by atoms with Crippen molar-refractivity contribution >= 4 is 0 Å². The highest BCUT2D eigenvalue weighted by atomic mass is 16.6. The smallest absolute Gasteiger partial charge is 0.118 e. The Morgan fingerprint density at radius 1 is 0.958 bits per heavy atom. The van der Waals surface area contributed by atoms with Crippen LogP contribution in [0.3, 0.4) is 0 Å². The minimum absolute atomic E-state index is 0.459. The molecule has 3 nitrogen and oxygen atoms in total. The van der Waals surface area contributed by atoms with Crippen LogP contribution < -0.4 is 0 Å². The van der Waals surface area contributed by atoms with E-state index in [2.05, 4.69) is 32.6 Å². The summed E-state index contributed by atoms with van der Waals surface area (Å²) in [5.74, 6) is 0. The van der Waals surface area contributed by atoms with Gasteiger partial charge in [0.25, 0.3) is 0 Å². The van der Waals surface area contributed by atoms with E-state index in [9.17, 15) is 0 Å². The molecule has 0 bridgehead atoms. The lowest BCUT2D eigenvalue weighted by Gasteiger charge is -2.33. The van der Waals surface area contributed by atoms with Gasteiger partial charge in [0, 0.05) is 13.2 Å². The first-order valence-corrected chi connectivity index (χ1v) is 9.20. The van der Waals surface area contributed by atoms with Crippen molar-refractivity contribution in [3.63, 3.8) is 0 Å². The second-order valence-electron chi connectivity index (χ2n) is 6.26. The van der Waals surface area contributed by atoms with Crippen LogP contribution in [0.2, 0.25) is 0 Å². The molecule has 0 aliphatic heterocycles. The molecule has 0 atom stereocenters. The van der Waals surface area contributed by atoms with Gasteiger partial charge in [0.05, 0.1) is 19.8 Å². The summed E-state index contributed by atoms with van der Waals surface area (Å²) in [4.78, 5) is 0. The zero-order valence-corrected chi connectivity index (χ0v) is 15.5. The predicted octanol–water partition coefficient (Wildman–Crippen LogP) is 5.15. The topological polar surface area (TPSA) is 27.7 Å². The summed E-state index contributed by atoms with van der Waals surface area (Å²) in [6, 6.07) is 10.2. The number of hydrogen-bond acceptors (Lipinski definition) is 3. The van der Waals surface area contributed by atoms with Gasteiger partial charge in [0.1, 0.15) is 5.60 Å². The highest BCUT2D eigenvalue weighted by Crippen LogP contribution is 2.21. The third-order valence-electron chi connectivity index (χ3n) is 3.92. The molecule has 1 aromatic carbocycles. The zero-order valence-electron chi connectivity index (χ0n) is 15.5. The number of hydrogen-bond donors (Lipinski definition) is 0. The average Bonchev–Trinajstić information content (AvgIpc) is 2.62. The van der Waals surface area contributed by atoms with E-state index in [0.29, 0.717) is 19.8 Å². The van der Waals surface area contributed by atoms with Crippen LogP contribution in [0.15, 0.2) is 43.0 Å². The lowest BCUT2D eigenvalue weighted by atomic mass is 10.0. The standard InChI is InChI=1S/C21H34O3/c1-4-7-15-22-18-21(14-6-3,19-23-16-8-5-2)24-17-20-12-10-9-11-13-20/h6,9-13H,3-5,7-8,14-19H2,1-2H3. The van der Waals surface area contributed by atoms with Gasteiger partial charge >= 0.3 is 0 Å². The van der Waals surface area contributed by atoms with Gasteiger partial charge in [-0.25, -0.2) is 0 Å². The molecule has 0 saturated heterocycles. The predicted molar refractivity (Wildman–Crippen MR) is 100 cm³/mol. The molecule has 0 saturated carbocycles. The highest BCUT2D eigenvalue weighted by molar-refractivity contribution is 5.13. The fraction of sp³-hybridized carbons (Fsp3) is 0.619. The molecule has 0 heterocycles. The molecule has 0 amide bonds. The van der Waals surface area contributed by atoms with Gasteiger partial charge in [-0.15, -0.1) is 6.58 Å². The second kappa shape index (κ2) is 13.2. The van der Waals surface area contributed by atoms with Gasteiger partial charge in [-0.3, -0.25) is 0 Å². The molecule has 0 aromatic heterocycles. The Hall–Kier alpha value is -1.16. The van der Waals surface area contributed by atoms with Gasteiger partial charge in [-0.1, -0.05) is 63.1 Å². The molecule has 0 aliphatic rings. The monoisotopic (exact) mass is 334 g/mol. The summed E-state index contributed by atoms with van der Waals surface area (Å²) in [6.07, 6.45) is 7.02. The third-order valence-corrected chi connectivity index (χ3v) is 3.92. The van der Waals surface area contributed by atoms with Crippen LogP contribution in [-0.4, -0.2) is 32.0 Å². The molecule has 3 heteroatoms. The average molecular weight is 334 g/mol. The molecule has 24 heavy (non-hydrogen) atoms. The zero-order chi connectivity index (χ0) is 17.5. The second-order valence-corrected chi connectivity index (χ2v) is 6.26. The Bertz CT molecular complexity index is 404. The Labute approximate surface area is 148 Å². The van der Waals surface area contributed by atoms with Gasteiger partial charge < -0.3 is 14.2 Å². The van der Waals surface area contributed by atoms with Crippen LogP contribution in [0.5, 0.6) is 0 Å². The third kappa shape index (κ3) is 8.62. The molecule has 0 spiro atoms. The molecule has 0 radical (unpaired) electrons. The largest absolute Gasteiger partial charge is 0.378 e. The van der Waals surface area contributed by atoms with Crippen LogP contribution in [0, 0.1) is 0 Å². The Kier molecular flexibility index (Phi) is 11.5. The number of benzene rings is 1. The number of unbranched alkanes of at least 4 members (excludes halogenated alkanes) is 2. The highest BCUT2D eigenvalue weighted by Gasteiger charge is 2.31. The summed E-state index contributed by atoms with van der Waals surface area (Å²) in [5.41, 5.74) is 0.701. The molecule has 1 aromatic rings. The first kappa shape index (κ1) is 20.9. The lowest BCUT2D eigenvalue weighted by molar-refractivity contribution is -0.142. The quantitative estimate of drug-likeness (QED) is 0.328. The van der Waals surface area contributed by atoms with Crippen molar-refractivity contribution < 1.29 is 14.2 Å². The molecule has 1 rings (SSSR count). The van der Waals surface area contributed by atoms with E-state index >= 15 is 0 Å². The SMILES string of the molecule is C=CCC(COCCCC)(COCCCC)OCc1ccccc1. The first-order chi connectivity index (χ1) is 11.8. The molecular weight excluding hydrogens is 300 g/mol. The van der Waals surface area contributed by atoms with Crippen molar-refractivity contribution in [1.29, 1.82) is 0 Å². The van der Waals surface area contributed by atoms with Crippen LogP contribution in [0.4, 0.5) is 0 Å². The van der Waals surface area contributed by atoms with Gasteiger partial charge in [0.15, 0.2) is 0 Å². The minimum Gasteiger partial charge on any atom is -0.378 e. The van der Waals surface area contributed by atoms with Gasteiger partial charge in [-0.2, -0.15) is 0 Å². The lowest BCUT2D eigenvalue weighted by Crippen LogP contribution is -2.42. The minimum atomic E-state index is -0.459. The maximum atomic E-state index is 6.30. The Morgan fingerprint density at radius 2 is 1.54 bits per heavy atom. The van der Waals surface area contributed by atoms with E-state index in [1.807, 2.05) is 24.3 Å². The number of ether oxygens (including phenoxy) is 3. The van der Waals surface area contributed by atoms with E-state index in [1.165, 1.54) is 0 Å². The van der Waals surface area contributed by atoms with Crippen molar-refractivity contribution in [2.45, 2.75) is 58.2 Å². The molecule has 0 unspecified atom stereocenters. The summed E-state index contributed by atoms with van der Waals surface area (Å²) in [6.45, 7) is 11.4. The Balaban J connectivity index is 2.65. The maximum Gasteiger partial charge on any atom is 0.118 e. The molecule has 0 fully saturated rings. The summed E-state index contributed by atoms with van der Waals surface area (Å²) in [7, 11) is 0. The Morgan fingerprint density at radius 3 is 2.04 bits per heavy atom. The maximum absolute atomic E-state index is 6.30. The van der Waals surface area contributed by atoms with Crippen LogP contribution in [-0.2, 0) is 20.8 Å². The van der Waals surface area contributed by atoms with E-state index in [4.69, 9.17) is 14.2 Å². The summed E-state index contributed by atoms with van der Waals surface area (Å²) >= 11 is 0. The van der Waals surface area contributed by atoms with Gasteiger partial charge in [0.2, 0.25) is 0 Å². The molecule has 136 valence electrons. The first-order valence-electron chi connectivity index (χ1n) is 9.20. The van der Waals surface area contributed by atoms with Crippen LogP contribution in [0.25, 0.3) is 0 Å². The molecule has 0 aliphatic carbocycles. The number of rotatable bonds is 15. The van der Waals surface area contributed by atoms with E-state index in [-0.39, 0.29) is 0 Å². The van der Waals surface area contributed by atoms with Crippen molar-refractivity contribution in [2.24, 2.45) is 0 Å². The van der Waals surface area contributed by atoms with Crippen molar-refractivity contribution in [3.05, 3.63) is 48.6 Å². The fourth-order valence-electron chi connectivity index (χ4n) is 2.38. The van der Waals surface area contributed by atoms with Crippen molar-refractivity contribution in [1.82, 2.24) is 0 Å². The van der Waals surface area contributed by atoms with Gasteiger partial charge in [-0.05, 0) is 24.8 Å². The van der Waals surface area contributed by atoms with E-state index < -0.39 is 5.60 Å². The summed E-state index contributed by atoms with van der Waals surface area (Å²) < 4.78 is 18.1. The van der Waals surface area contributed by atoms with Crippen LogP contribution >= 0.6 is 0 Å².